The Hall–Kier alpha value is -2.21. The SMILES string of the molecule is COCC(=O)N1C[C@H](c2ccccc2)[C@H](c2nc(C)no2)C1. The van der Waals surface area contributed by atoms with Crippen molar-refractivity contribution in [2.24, 2.45) is 0 Å². The highest BCUT2D eigenvalue weighted by molar-refractivity contribution is 5.78. The molecule has 22 heavy (non-hydrogen) atoms. The van der Waals surface area contributed by atoms with E-state index < -0.39 is 0 Å². The number of aryl methyl sites for hydroxylation is 1. The number of aromatic nitrogens is 2. The van der Waals surface area contributed by atoms with Gasteiger partial charge in [0.1, 0.15) is 6.61 Å². The minimum Gasteiger partial charge on any atom is -0.375 e. The van der Waals surface area contributed by atoms with Crippen LogP contribution in [0.4, 0.5) is 0 Å². The minimum atomic E-state index is -0.0119. The van der Waals surface area contributed by atoms with E-state index in [9.17, 15) is 4.79 Å². The van der Waals surface area contributed by atoms with Crippen LogP contribution in [0.25, 0.3) is 0 Å². The van der Waals surface area contributed by atoms with E-state index in [0.717, 1.165) is 0 Å². The molecule has 2 atom stereocenters. The summed E-state index contributed by atoms with van der Waals surface area (Å²) in [5, 5.41) is 3.88. The molecule has 1 aromatic carbocycles. The van der Waals surface area contributed by atoms with E-state index in [0.29, 0.717) is 24.8 Å². The zero-order valence-corrected chi connectivity index (χ0v) is 12.7. The van der Waals surface area contributed by atoms with Crippen molar-refractivity contribution in [1.82, 2.24) is 15.0 Å². The molecule has 0 unspecified atom stereocenters. The molecule has 0 bridgehead atoms. The summed E-state index contributed by atoms with van der Waals surface area (Å²) in [5.41, 5.74) is 1.18. The third-order valence-corrected chi connectivity index (χ3v) is 4.03. The van der Waals surface area contributed by atoms with Crippen LogP contribution in [0.2, 0.25) is 0 Å². The van der Waals surface area contributed by atoms with Crippen molar-refractivity contribution in [3.63, 3.8) is 0 Å². The topological polar surface area (TPSA) is 68.5 Å². The van der Waals surface area contributed by atoms with E-state index in [1.807, 2.05) is 23.1 Å². The predicted octanol–water partition coefficient (Wildman–Crippen LogP) is 1.73. The van der Waals surface area contributed by atoms with Crippen LogP contribution in [0.15, 0.2) is 34.9 Å². The van der Waals surface area contributed by atoms with Crippen LogP contribution in [0, 0.1) is 6.92 Å². The van der Waals surface area contributed by atoms with Crippen molar-refractivity contribution >= 4 is 5.91 Å². The normalized spacial score (nSPS) is 21.3. The quantitative estimate of drug-likeness (QED) is 0.860. The molecule has 1 aliphatic heterocycles. The second-order valence-electron chi connectivity index (χ2n) is 5.54. The van der Waals surface area contributed by atoms with Gasteiger partial charge < -0.3 is 14.2 Å². The molecule has 6 nitrogen and oxygen atoms in total. The molecule has 0 spiro atoms. The third-order valence-electron chi connectivity index (χ3n) is 4.03. The number of benzene rings is 1. The van der Waals surface area contributed by atoms with Crippen LogP contribution < -0.4 is 0 Å². The van der Waals surface area contributed by atoms with Crippen molar-refractivity contribution in [3.05, 3.63) is 47.6 Å². The average Bonchev–Trinajstić information content (AvgIpc) is 3.14. The van der Waals surface area contributed by atoms with Gasteiger partial charge in [0.15, 0.2) is 5.82 Å². The molecule has 1 amide bonds. The lowest BCUT2D eigenvalue weighted by atomic mass is 9.89. The van der Waals surface area contributed by atoms with E-state index in [1.165, 1.54) is 12.7 Å². The Morgan fingerprint density at radius 3 is 2.68 bits per heavy atom. The Balaban J connectivity index is 1.88. The predicted molar refractivity (Wildman–Crippen MR) is 79.4 cm³/mol. The van der Waals surface area contributed by atoms with E-state index in [-0.39, 0.29) is 24.3 Å². The van der Waals surface area contributed by atoms with Gasteiger partial charge in [-0.3, -0.25) is 4.79 Å². The first-order chi connectivity index (χ1) is 10.7. The molecule has 0 saturated carbocycles. The van der Waals surface area contributed by atoms with Gasteiger partial charge in [0.05, 0.1) is 5.92 Å². The molecule has 1 aliphatic rings. The van der Waals surface area contributed by atoms with Gasteiger partial charge in [-0.15, -0.1) is 0 Å². The molecule has 1 fully saturated rings. The first-order valence-corrected chi connectivity index (χ1v) is 7.31. The fourth-order valence-corrected chi connectivity index (χ4v) is 2.97. The number of rotatable bonds is 4. The average molecular weight is 301 g/mol. The molecule has 1 saturated heterocycles. The molecule has 0 aliphatic carbocycles. The molecule has 2 aromatic rings. The highest BCUT2D eigenvalue weighted by Gasteiger charge is 2.39. The zero-order valence-electron chi connectivity index (χ0n) is 12.7. The van der Waals surface area contributed by atoms with Crippen molar-refractivity contribution in [2.75, 3.05) is 26.8 Å². The zero-order chi connectivity index (χ0) is 15.5. The molecule has 3 rings (SSSR count). The molecule has 1 aromatic heterocycles. The number of hydrogen-bond acceptors (Lipinski definition) is 5. The van der Waals surface area contributed by atoms with Crippen LogP contribution in [-0.4, -0.2) is 47.8 Å². The number of hydrogen-bond donors (Lipinski definition) is 0. The summed E-state index contributed by atoms with van der Waals surface area (Å²) >= 11 is 0. The second-order valence-corrected chi connectivity index (χ2v) is 5.54. The van der Waals surface area contributed by atoms with Crippen LogP contribution in [0.5, 0.6) is 0 Å². The van der Waals surface area contributed by atoms with Crippen molar-refractivity contribution in [2.45, 2.75) is 18.8 Å². The van der Waals surface area contributed by atoms with Crippen LogP contribution in [0.3, 0.4) is 0 Å². The first-order valence-electron chi connectivity index (χ1n) is 7.31. The Bertz CT molecular complexity index is 641. The summed E-state index contributed by atoms with van der Waals surface area (Å²) in [6, 6.07) is 10.1. The summed E-state index contributed by atoms with van der Waals surface area (Å²) in [6.07, 6.45) is 0. The summed E-state index contributed by atoms with van der Waals surface area (Å²) in [5.74, 6) is 1.37. The molecule has 0 radical (unpaired) electrons. The third kappa shape index (κ3) is 2.87. The van der Waals surface area contributed by atoms with Crippen molar-refractivity contribution < 1.29 is 14.1 Å². The maximum atomic E-state index is 12.1. The fraction of sp³-hybridized carbons (Fsp3) is 0.438. The lowest BCUT2D eigenvalue weighted by Crippen LogP contribution is -2.31. The highest BCUT2D eigenvalue weighted by atomic mass is 16.5. The Labute approximate surface area is 129 Å². The van der Waals surface area contributed by atoms with Gasteiger partial charge in [0.25, 0.3) is 0 Å². The lowest BCUT2D eigenvalue weighted by Gasteiger charge is -2.16. The van der Waals surface area contributed by atoms with Crippen LogP contribution in [-0.2, 0) is 9.53 Å². The Morgan fingerprint density at radius 2 is 2.05 bits per heavy atom. The van der Waals surface area contributed by atoms with E-state index >= 15 is 0 Å². The van der Waals surface area contributed by atoms with Crippen molar-refractivity contribution in [3.8, 4) is 0 Å². The van der Waals surface area contributed by atoms with Gasteiger partial charge in [-0.25, -0.2) is 0 Å². The highest BCUT2D eigenvalue weighted by Crippen LogP contribution is 2.38. The van der Waals surface area contributed by atoms with Gasteiger partial charge in [0, 0.05) is 26.1 Å². The number of methoxy groups -OCH3 is 1. The van der Waals surface area contributed by atoms with Gasteiger partial charge in [-0.2, -0.15) is 4.98 Å². The second kappa shape index (κ2) is 6.27. The number of likely N-dealkylation sites (tertiary alicyclic amines) is 1. The molecule has 6 heteroatoms. The number of ether oxygens (including phenoxy) is 1. The minimum absolute atomic E-state index is 0.0119. The lowest BCUT2D eigenvalue weighted by molar-refractivity contribution is -0.134. The largest absolute Gasteiger partial charge is 0.375 e. The molecule has 2 heterocycles. The maximum Gasteiger partial charge on any atom is 0.248 e. The van der Waals surface area contributed by atoms with Crippen LogP contribution in [0.1, 0.15) is 29.1 Å². The van der Waals surface area contributed by atoms with E-state index in [2.05, 4.69) is 22.3 Å². The summed E-state index contributed by atoms with van der Waals surface area (Å²) in [4.78, 5) is 18.3. The van der Waals surface area contributed by atoms with Crippen molar-refractivity contribution in [1.29, 1.82) is 0 Å². The number of amides is 1. The Morgan fingerprint density at radius 1 is 1.32 bits per heavy atom. The van der Waals surface area contributed by atoms with Gasteiger partial charge in [-0.1, -0.05) is 35.5 Å². The number of nitrogens with zero attached hydrogens (tertiary/aromatic N) is 3. The summed E-state index contributed by atoms with van der Waals surface area (Å²) in [6.45, 7) is 3.10. The standard InChI is InChI=1S/C16H19N3O3/c1-11-17-16(22-18-11)14-9-19(15(20)10-21-2)8-13(14)12-6-4-3-5-7-12/h3-7,13-14H,8-10H2,1-2H3/t13-,14-/m1/s1. The van der Waals surface area contributed by atoms with E-state index in [1.54, 1.807) is 6.92 Å². The maximum absolute atomic E-state index is 12.1. The smallest absolute Gasteiger partial charge is 0.248 e. The van der Waals surface area contributed by atoms with Gasteiger partial charge in [-0.05, 0) is 12.5 Å². The molecular formula is C16H19N3O3. The van der Waals surface area contributed by atoms with E-state index in [4.69, 9.17) is 9.26 Å². The number of carbonyl (C=O) groups is 1. The van der Waals surface area contributed by atoms with Gasteiger partial charge >= 0.3 is 0 Å². The first kappa shape index (κ1) is 14.7. The van der Waals surface area contributed by atoms with Crippen LogP contribution >= 0.6 is 0 Å². The Kier molecular flexibility index (Phi) is 4.20. The summed E-state index contributed by atoms with van der Waals surface area (Å²) in [7, 11) is 1.53. The molecular weight excluding hydrogens is 282 g/mol. The van der Waals surface area contributed by atoms with Gasteiger partial charge in [0.2, 0.25) is 11.8 Å². The molecule has 0 N–H and O–H groups in total. The fourth-order valence-electron chi connectivity index (χ4n) is 2.97. The molecule has 116 valence electrons. The summed E-state index contributed by atoms with van der Waals surface area (Å²) < 4.78 is 10.3. The monoisotopic (exact) mass is 301 g/mol. The number of carbonyl (C=O) groups excluding carboxylic acids is 1.